The smallest absolute Gasteiger partial charge is 0.163 e. The highest BCUT2D eigenvalue weighted by molar-refractivity contribution is 6.01. The van der Waals surface area contributed by atoms with Gasteiger partial charge in [0, 0.05) is 17.7 Å². The van der Waals surface area contributed by atoms with Crippen LogP contribution < -0.4 is 10.6 Å². The third-order valence-corrected chi connectivity index (χ3v) is 5.66. The SMILES string of the molecule is Cc1ccc2c(c1)N[C@H](c1ccco1)C1=C(C[C@H](c3ccccc3)CC1=O)N2. The number of anilines is 2. The number of aryl methyl sites for hydroxylation is 1. The zero-order chi connectivity index (χ0) is 19.1. The lowest BCUT2D eigenvalue weighted by atomic mass is 9.79. The van der Waals surface area contributed by atoms with Gasteiger partial charge in [-0.25, -0.2) is 0 Å². The number of fused-ring (bicyclic) bond motifs is 1. The maximum absolute atomic E-state index is 13.3. The average Bonchev–Trinajstić information content (AvgIpc) is 3.18. The van der Waals surface area contributed by atoms with Crippen molar-refractivity contribution in [2.24, 2.45) is 0 Å². The monoisotopic (exact) mass is 370 g/mol. The zero-order valence-electron chi connectivity index (χ0n) is 15.7. The Morgan fingerprint density at radius 3 is 2.61 bits per heavy atom. The Morgan fingerprint density at radius 2 is 1.82 bits per heavy atom. The lowest BCUT2D eigenvalue weighted by molar-refractivity contribution is -0.116. The van der Waals surface area contributed by atoms with Crippen LogP contribution in [0.5, 0.6) is 0 Å². The predicted molar refractivity (Wildman–Crippen MR) is 110 cm³/mol. The third kappa shape index (κ3) is 2.91. The predicted octanol–water partition coefficient (Wildman–Crippen LogP) is 5.57. The first kappa shape index (κ1) is 16.9. The van der Waals surface area contributed by atoms with E-state index in [-0.39, 0.29) is 17.7 Å². The Balaban J connectivity index is 1.61. The minimum Gasteiger partial charge on any atom is -0.467 e. The van der Waals surface area contributed by atoms with Crippen LogP contribution in [0.2, 0.25) is 0 Å². The van der Waals surface area contributed by atoms with Gasteiger partial charge in [0.15, 0.2) is 5.78 Å². The highest BCUT2D eigenvalue weighted by atomic mass is 16.3. The molecule has 0 amide bonds. The van der Waals surface area contributed by atoms with E-state index in [1.807, 2.05) is 30.3 Å². The Morgan fingerprint density at radius 1 is 0.964 bits per heavy atom. The molecule has 0 bridgehead atoms. The molecule has 0 spiro atoms. The summed E-state index contributed by atoms with van der Waals surface area (Å²) in [5.74, 6) is 1.11. The second kappa shape index (κ2) is 6.71. The number of benzene rings is 2. The molecule has 0 fully saturated rings. The second-order valence-corrected chi connectivity index (χ2v) is 7.60. The summed E-state index contributed by atoms with van der Waals surface area (Å²) in [5.41, 5.74) is 6.13. The summed E-state index contributed by atoms with van der Waals surface area (Å²) in [4.78, 5) is 13.3. The standard InChI is InChI=1S/C24H22N2O2/c1-15-9-10-18-19(12-15)26-24(22-8-5-11-28-22)23-20(25-18)13-17(14-21(23)27)16-6-3-2-4-7-16/h2-12,17,24-26H,13-14H2,1H3/t17-,24+/m0/s1. The van der Waals surface area contributed by atoms with Gasteiger partial charge < -0.3 is 15.1 Å². The molecule has 2 aromatic carbocycles. The van der Waals surface area contributed by atoms with Gasteiger partial charge in [-0.2, -0.15) is 0 Å². The molecule has 0 unspecified atom stereocenters. The number of hydrogen-bond acceptors (Lipinski definition) is 4. The molecule has 2 aliphatic rings. The zero-order valence-corrected chi connectivity index (χ0v) is 15.7. The van der Waals surface area contributed by atoms with Gasteiger partial charge in [0.1, 0.15) is 11.8 Å². The van der Waals surface area contributed by atoms with Gasteiger partial charge >= 0.3 is 0 Å². The Kier molecular flexibility index (Phi) is 4.05. The summed E-state index contributed by atoms with van der Waals surface area (Å²) < 4.78 is 5.71. The van der Waals surface area contributed by atoms with Crippen molar-refractivity contribution in [3.63, 3.8) is 0 Å². The molecule has 0 saturated heterocycles. The normalized spacial score (nSPS) is 21.2. The molecule has 0 radical (unpaired) electrons. The van der Waals surface area contributed by atoms with E-state index in [2.05, 4.69) is 47.9 Å². The minimum absolute atomic E-state index is 0.168. The number of hydrogen-bond donors (Lipinski definition) is 2. The quantitative estimate of drug-likeness (QED) is 0.619. The number of furan rings is 1. The van der Waals surface area contributed by atoms with Gasteiger partial charge in [-0.15, -0.1) is 0 Å². The van der Waals surface area contributed by atoms with Crippen LogP contribution in [0.3, 0.4) is 0 Å². The van der Waals surface area contributed by atoms with E-state index in [1.54, 1.807) is 6.26 Å². The van der Waals surface area contributed by atoms with Crippen LogP contribution in [0.15, 0.2) is 82.6 Å². The summed E-state index contributed by atoms with van der Waals surface area (Å²) in [6.07, 6.45) is 2.98. The molecule has 1 aliphatic heterocycles. The summed E-state index contributed by atoms with van der Waals surface area (Å²) in [5, 5.41) is 7.12. The number of Topliss-reactive ketones (excluding diaryl/α,β-unsaturated/α-hetero) is 1. The molecule has 2 atom stereocenters. The number of nitrogens with one attached hydrogen (secondary N) is 2. The molecule has 1 aliphatic carbocycles. The Labute approximate surface area is 164 Å². The van der Waals surface area contributed by atoms with Crippen molar-refractivity contribution in [3.05, 3.63) is 95.1 Å². The summed E-state index contributed by atoms with van der Waals surface area (Å²) in [6, 6.07) is 20.1. The number of carbonyl (C=O) groups is 1. The van der Waals surface area contributed by atoms with Crippen LogP contribution >= 0.6 is 0 Å². The maximum atomic E-state index is 13.3. The van der Waals surface area contributed by atoms with Crippen LogP contribution in [-0.4, -0.2) is 5.78 Å². The third-order valence-electron chi connectivity index (χ3n) is 5.66. The molecule has 0 saturated carbocycles. The minimum atomic E-state index is -0.287. The molecular formula is C24H22N2O2. The van der Waals surface area contributed by atoms with Crippen LogP contribution in [0, 0.1) is 6.92 Å². The molecule has 3 aromatic rings. The van der Waals surface area contributed by atoms with Crippen LogP contribution in [-0.2, 0) is 4.79 Å². The topological polar surface area (TPSA) is 54.3 Å². The molecule has 4 nitrogen and oxygen atoms in total. The van der Waals surface area contributed by atoms with Crippen molar-refractivity contribution in [2.75, 3.05) is 10.6 Å². The number of allylic oxidation sites excluding steroid dienone is 1. The van der Waals surface area contributed by atoms with E-state index in [1.165, 1.54) is 11.1 Å². The average molecular weight is 370 g/mol. The van der Waals surface area contributed by atoms with Crippen molar-refractivity contribution in [3.8, 4) is 0 Å². The summed E-state index contributed by atoms with van der Waals surface area (Å²) >= 11 is 0. The number of carbonyl (C=O) groups excluding carboxylic acids is 1. The van der Waals surface area contributed by atoms with Crippen LogP contribution in [0.1, 0.15) is 41.7 Å². The molecule has 2 heterocycles. The Bertz CT molecular complexity index is 1050. The van der Waals surface area contributed by atoms with Gasteiger partial charge in [0.05, 0.1) is 17.6 Å². The lowest BCUT2D eigenvalue weighted by Gasteiger charge is -2.29. The van der Waals surface area contributed by atoms with Crippen molar-refractivity contribution < 1.29 is 9.21 Å². The van der Waals surface area contributed by atoms with Crippen LogP contribution in [0.4, 0.5) is 11.4 Å². The fourth-order valence-corrected chi connectivity index (χ4v) is 4.29. The van der Waals surface area contributed by atoms with E-state index in [9.17, 15) is 4.79 Å². The lowest BCUT2D eigenvalue weighted by Crippen LogP contribution is -2.26. The van der Waals surface area contributed by atoms with E-state index in [4.69, 9.17) is 4.42 Å². The van der Waals surface area contributed by atoms with E-state index >= 15 is 0 Å². The fraction of sp³-hybridized carbons (Fsp3) is 0.208. The number of rotatable bonds is 2. The second-order valence-electron chi connectivity index (χ2n) is 7.60. The molecule has 140 valence electrons. The van der Waals surface area contributed by atoms with E-state index < -0.39 is 0 Å². The largest absolute Gasteiger partial charge is 0.467 e. The van der Waals surface area contributed by atoms with Gasteiger partial charge in [0.25, 0.3) is 0 Å². The van der Waals surface area contributed by atoms with Crippen LogP contribution in [0.25, 0.3) is 0 Å². The molecular weight excluding hydrogens is 348 g/mol. The highest BCUT2D eigenvalue weighted by Crippen LogP contribution is 2.44. The molecule has 4 heteroatoms. The van der Waals surface area contributed by atoms with Crippen molar-refractivity contribution in [1.82, 2.24) is 0 Å². The van der Waals surface area contributed by atoms with E-state index in [0.29, 0.717) is 6.42 Å². The highest BCUT2D eigenvalue weighted by Gasteiger charge is 2.37. The van der Waals surface area contributed by atoms with E-state index in [0.717, 1.165) is 34.8 Å². The first-order valence-corrected chi connectivity index (χ1v) is 9.68. The summed E-state index contributed by atoms with van der Waals surface area (Å²) in [6.45, 7) is 2.07. The van der Waals surface area contributed by atoms with Gasteiger partial charge in [-0.05, 0) is 54.7 Å². The van der Waals surface area contributed by atoms with Gasteiger partial charge in [-0.1, -0.05) is 36.4 Å². The van der Waals surface area contributed by atoms with Crippen molar-refractivity contribution in [2.45, 2.75) is 31.7 Å². The maximum Gasteiger partial charge on any atom is 0.163 e. The molecule has 5 rings (SSSR count). The summed E-state index contributed by atoms with van der Waals surface area (Å²) in [7, 11) is 0. The Hall–Kier alpha value is -3.27. The molecule has 1 aromatic heterocycles. The van der Waals surface area contributed by atoms with Crippen molar-refractivity contribution >= 4 is 17.2 Å². The number of ketones is 1. The van der Waals surface area contributed by atoms with Gasteiger partial charge in [0.2, 0.25) is 0 Å². The van der Waals surface area contributed by atoms with Gasteiger partial charge in [-0.3, -0.25) is 4.79 Å². The molecule has 28 heavy (non-hydrogen) atoms. The first-order valence-electron chi connectivity index (χ1n) is 9.68. The van der Waals surface area contributed by atoms with Crippen molar-refractivity contribution in [1.29, 1.82) is 0 Å². The first-order chi connectivity index (χ1) is 13.7. The fourth-order valence-electron chi connectivity index (χ4n) is 4.29. The molecule has 2 N–H and O–H groups in total.